The van der Waals surface area contributed by atoms with E-state index >= 15 is 0 Å². The van der Waals surface area contributed by atoms with Crippen LogP contribution in [0, 0.1) is 5.92 Å². The number of aromatic nitrogens is 1. The Morgan fingerprint density at radius 3 is 2.90 bits per heavy atom. The molecule has 1 amide bonds. The molecule has 1 atom stereocenters. The zero-order valence-electron chi connectivity index (χ0n) is 16.2. The third kappa shape index (κ3) is 5.91. The van der Waals surface area contributed by atoms with Gasteiger partial charge < -0.3 is 15.0 Å². The Balaban J connectivity index is 1.56. The molecule has 29 heavy (non-hydrogen) atoms. The van der Waals surface area contributed by atoms with Gasteiger partial charge in [-0.3, -0.25) is 4.79 Å². The molecular formula is C20H24ClN3O4S. The summed E-state index contributed by atoms with van der Waals surface area (Å²) < 4.78 is 30.4. The highest BCUT2D eigenvalue weighted by molar-refractivity contribution is 7.91. The number of amides is 1. The van der Waals surface area contributed by atoms with Gasteiger partial charge >= 0.3 is 0 Å². The van der Waals surface area contributed by atoms with Gasteiger partial charge in [0.1, 0.15) is 11.6 Å². The lowest BCUT2D eigenvalue weighted by Crippen LogP contribution is -2.42. The third-order valence-electron chi connectivity index (χ3n) is 4.93. The molecule has 1 aromatic heterocycles. The quantitative estimate of drug-likeness (QED) is 0.716. The number of likely N-dealkylation sites (tertiary alicyclic amines) is 1. The molecule has 0 saturated carbocycles. The number of pyridine rings is 1. The van der Waals surface area contributed by atoms with E-state index < -0.39 is 9.84 Å². The predicted octanol–water partition coefficient (Wildman–Crippen LogP) is 2.87. The maximum Gasteiger partial charge on any atom is 0.229 e. The smallest absolute Gasteiger partial charge is 0.229 e. The number of hydrogen-bond acceptors (Lipinski definition) is 6. The van der Waals surface area contributed by atoms with Gasteiger partial charge in [0.05, 0.1) is 28.7 Å². The van der Waals surface area contributed by atoms with Gasteiger partial charge in [0, 0.05) is 19.3 Å². The molecule has 1 aliphatic rings. The van der Waals surface area contributed by atoms with Crippen molar-refractivity contribution in [1.29, 1.82) is 0 Å². The van der Waals surface area contributed by atoms with Crippen molar-refractivity contribution in [1.82, 2.24) is 9.88 Å². The topological polar surface area (TPSA) is 88.6 Å². The first-order valence-corrected chi connectivity index (χ1v) is 11.4. The standard InChI is InChI=1S/C20H24ClN3O4S/c1-28-17-5-2-6-18(12-17)29(26,27)11-10-24-9-3-4-15(14-24)20(25)23-19-8-7-16(21)13-22-19/h2,5-8,12-13,15H,3-4,9-11,14H2,1H3,(H,22,23,25). The Bertz CT molecular complexity index is 950. The number of carbonyl (C=O) groups excluding carboxylic acids is 1. The molecule has 156 valence electrons. The fourth-order valence-electron chi connectivity index (χ4n) is 3.31. The average molecular weight is 438 g/mol. The van der Waals surface area contributed by atoms with E-state index in [0.29, 0.717) is 29.7 Å². The van der Waals surface area contributed by atoms with Gasteiger partial charge in [0.2, 0.25) is 5.91 Å². The summed E-state index contributed by atoms with van der Waals surface area (Å²) in [6.45, 7) is 1.67. The summed E-state index contributed by atoms with van der Waals surface area (Å²) in [5.41, 5.74) is 0. The van der Waals surface area contributed by atoms with Crippen LogP contribution in [0.1, 0.15) is 12.8 Å². The van der Waals surface area contributed by atoms with Crippen molar-refractivity contribution in [2.75, 3.05) is 37.8 Å². The molecule has 0 bridgehead atoms. The van der Waals surface area contributed by atoms with Gasteiger partial charge in [-0.1, -0.05) is 17.7 Å². The zero-order valence-corrected chi connectivity index (χ0v) is 17.7. The Labute approximate surface area is 176 Å². The number of sulfone groups is 1. The number of benzene rings is 1. The van der Waals surface area contributed by atoms with Crippen LogP contribution in [-0.2, 0) is 14.6 Å². The van der Waals surface area contributed by atoms with E-state index in [2.05, 4.69) is 10.3 Å². The molecule has 1 aromatic carbocycles. The first-order chi connectivity index (χ1) is 13.9. The van der Waals surface area contributed by atoms with Crippen LogP contribution in [0.5, 0.6) is 5.75 Å². The van der Waals surface area contributed by atoms with Crippen molar-refractivity contribution >= 4 is 33.2 Å². The van der Waals surface area contributed by atoms with Crippen LogP contribution in [0.25, 0.3) is 0 Å². The van der Waals surface area contributed by atoms with Gasteiger partial charge in [0.15, 0.2) is 9.84 Å². The molecule has 1 N–H and O–H groups in total. The van der Waals surface area contributed by atoms with Gasteiger partial charge in [-0.15, -0.1) is 0 Å². The molecule has 1 aliphatic heterocycles. The number of rotatable bonds is 7. The number of piperidine rings is 1. The van der Waals surface area contributed by atoms with Crippen LogP contribution < -0.4 is 10.1 Å². The monoisotopic (exact) mass is 437 g/mol. The number of nitrogens with zero attached hydrogens (tertiary/aromatic N) is 2. The second-order valence-corrected chi connectivity index (χ2v) is 9.53. The first kappa shape index (κ1) is 21.5. The van der Waals surface area contributed by atoms with Crippen molar-refractivity contribution in [2.45, 2.75) is 17.7 Å². The minimum Gasteiger partial charge on any atom is -0.497 e. The van der Waals surface area contributed by atoms with Gasteiger partial charge in [-0.25, -0.2) is 13.4 Å². The van der Waals surface area contributed by atoms with Crippen LogP contribution in [0.4, 0.5) is 5.82 Å². The van der Waals surface area contributed by atoms with E-state index in [0.717, 1.165) is 19.4 Å². The van der Waals surface area contributed by atoms with Crippen LogP contribution in [0.15, 0.2) is 47.5 Å². The summed E-state index contributed by atoms with van der Waals surface area (Å²) >= 11 is 5.81. The lowest BCUT2D eigenvalue weighted by molar-refractivity contribution is -0.121. The molecule has 0 spiro atoms. The summed E-state index contributed by atoms with van der Waals surface area (Å²) in [6.07, 6.45) is 3.08. The van der Waals surface area contributed by atoms with Crippen molar-refractivity contribution in [2.24, 2.45) is 5.92 Å². The van der Waals surface area contributed by atoms with Crippen molar-refractivity contribution in [3.63, 3.8) is 0 Å². The lowest BCUT2D eigenvalue weighted by Gasteiger charge is -2.31. The second-order valence-electron chi connectivity index (χ2n) is 6.99. The van der Waals surface area contributed by atoms with Crippen LogP contribution >= 0.6 is 11.6 Å². The minimum atomic E-state index is -3.43. The van der Waals surface area contributed by atoms with Gasteiger partial charge in [-0.2, -0.15) is 0 Å². The summed E-state index contributed by atoms with van der Waals surface area (Å²) in [6, 6.07) is 9.80. The van der Waals surface area contributed by atoms with Gasteiger partial charge in [-0.05, 0) is 49.7 Å². The molecule has 2 heterocycles. The largest absolute Gasteiger partial charge is 0.497 e. The number of methoxy groups -OCH3 is 1. The molecule has 2 aromatic rings. The van der Waals surface area contributed by atoms with Crippen LogP contribution in [0.3, 0.4) is 0 Å². The van der Waals surface area contributed by atoms with E-state index in [1.54, 1.807) is 30.3 Å². The lowest BCUT2D eigenvalue weighted by atomic mass is 9.97. The summed E-state index contributed by atoms with van der Waals surface area (Å²) in [4.78, 5) is 18.9. The Morgan fingerprint density at radius 1 is 1.34 bits per heavy atom. The molecule has 0 aliphatic carbocycles. The molecule has 1 unspecified atom stereocenters. The highest BCUT2D eigenvalue weighted by atomic mass is 35.5. The molecule has 1 saturated heterocycles. The fourth-order valence-corrected chi connectivity index (χ4v) is 4.74. The van der Waals surface area contributed by atoms with E-state index in [9.17, 15) is 13.2 Å². The molecular weight excluding hydrogens is 414 g/mol. The molecule has 0 radical (unpaired) electrons. The number of hydrogen-bond donors (Lipinski definition) is 1. The van der Waals surface area contributed by atoms with Gasteiger partial charge in [0.25, 0.3) is 0 Å². The van der Waals surface area contributed by atoms with Crippen molar-refractivity contribution < 1.29 is 17.9 Å². The average Bonchev–Trinajstić information content (AvgIpc) is 2.74. The molecule has 7 nitrogen and oxygen atoms in total. The predicted molar refractivity (Wildman–Crippen MR) is 112 cm³/mol. The SMILES string of the molecule is COc1cccc(S(=O)(=O)CCN2CCCC(C(=O)Nc3ccc(Cl)cn3)C2)c1. The van der Waals surface area contributed by atoms with E-state index in [1.165, 1.54) is 19.4 Å². The Kier molecular flexibility index (Phi) is 7.10. The second kappa shape index (κ2) is 9.56. The maximum absolute atomic E-state index is 12.6. The number of halogens is 1. The van der Waals surface area contributed by atoms with Crippen LogP contribution in [-0.4, -0.2) is 56.7 Å². The Morgan fingerprint density at radius 2 is 2.17 bits per heavy atom. The summed E-state index contributed by atoms with van der Waals surface area (Å²) in [5.74, 6) is 0.641. The fraction of sp³-hybridized carbons (Fsp3) is 0.400. The summed E-state index contributed by atoms with van der Waals surface area (Å²) in [5, 5.41) is 3.31. The van der Waals surface area contributed by atoms with E-state index in [1.807, 2.05) is 4.90 Å². The van der Waals surface area contributed by atoms with E-state index in [-0.39, 0.29) is 22.5 Å². The minimum absolute atomic E-state index is 0.00670. The molecule has 9 heteroatoms. The normalized spacial score (nSPS) is 17.7. The number of nitrogens with one attached hydrogen (secondary N) is 1. The number of ether oxygens (including phenoxy) is 1. The zero-order chi connectivity index (χ0) is 20.9. The third-order valence-corrected chi connectivity index (χ3v) is 6.85. The molecule has 1 fully saturated rings. The first-order valence-electron chi connectivity index (χ1n) is 9.39. The maximum atomic E-state index is 12.6. The number of carbonyl (C=O) groups is 1. The van der Waals surface area contributed by atoms with Crippen molar-refractivity contribution in [3.05, 3.63) is 47.6 Å². The highest BCUT2D eigenvalue weighted by Gasteiger charge is 2.27. The number of anilines is 1. The molecule has 3 rings (SSSR count). The van der Waals surface area contributed by atoms with Crippen LogP contribution in [0.2, 0.25) is 5.02 Å². The Hall–Kier alpha value is -2.16. The van der Waals surface area contributed by atoms with E-state index in [4.69, 9.17) is 16.3 Å². The summed E-state index contributed by atoms with van der Waals surface area (Å²) in [7, 11) is -1.92. The highest BCUT2D eigenvalue weighted by Crippen LogP contribution is 2.21. The van der Waals surface area contributed by atoms with Crippen molar-refractivity contribution in [3.8, 4) is 5.75 Å².